The summed E-state index contributed by atoms with van der Waals surface area (Å²) < 4.78 is 50.3. The topological polar surface area (TPSA) is 50.8 Å². The first-order valence-electron chi connectivity index (χ1n) is 8.43. The Morgan fingerprint density at radius 1 is 1.14 bits per heavy atom. The third-order valence-electron chi connectivity index (χ3n) is 4.33. The predicted molar refractivity (Wildman–Crippen MR) is 102 cm³/mol. The number of hydrogen-bond acceptors (Lipinski definition) is 4. The van der Waals surface area contributed by atoms with Crippen LogP contribution < -0.4 is 14.8 Å². The molecule has 2 aromatic carbocycles. The van der Waals surface area contributed by atoms with Crippen LogP contribution >= 0.6 is 11.8 Å². The number of benzene rings is 2. The molecule has 5 nitrogen and oxygen atoms in total. The Bertz CT molecular complexity index is 861. The van der Waals surface area contributed by atoms with Gasteiger partial charge in [-0.3, -0.25) is 0 Å². The van der Waals surface area contributed by atoms with Crippen molar-refractivity contribution in [2.24, 2.45) is 0 Å². The number of carbonyl (C=O) groups is 1. The van der Waals surface area contributed by atoms with Crippen LogP contribution in [0.2, 0.25) is 0 Å². The minimum absolute atomic E-state index is 0.270. The smallest absolute Gasteiger partial charge is 0.418 e. The molecule has 9 heteroatoms. The standard InChI is InChI=1S/C19H19F3N2O3S/c1-26-15-9-5-6-12(16(15)27-2)17-24(10-11-28-17)18(25)23-14-8-4-3-7-13(14)19(20,21)22/h3-9,17H,10-11H2,1-2H3,(H,23,25). The van der Waals surface area contributed by atoms with Gasteiger partial charge in [0.1, 0.15) is 5.37 Å². The average molecular weight is 412 g/mol. The molecular weight excluding hydrogens is 393 g/mol. The quantitative estimate of drug-likeness (QED) is 0.768. The third-order valence-corrected chi connectivity index (χ3v) is 5.57. The fourth-order valence-electron chi connectivity index (χ4n) is 3.07. The molecule has 150 valence electrons. The number of para-hydroxylation sites is 2. The minimum atomic E-state index is -4.56. The number of anilines is 1. The number of nitrogens with one attached hydrogen (secondary N) is 1. The number of alkyl halides is 3. The first-order chi connectivity index (χ1) is 13.4. The summed E-state index contributed by atoms with van der Waals surface area (Å²) in [5.74, 6) is 1.67. The molecule has 0 spiro atoms. The Balaban J connectivity index is 1.88. The van der Waals surface area contributed by atoms with Crippen molar-refractivity contribution < 1.29 is 27.4 Å². The van der Waals surface area contributed by atoms with Crippen LogP contribution in [0.3, 0.4) is 0 Å². The van der Waals surface area contributed by atoms with Gasteiger partial charge in [0.05, 0.1) is 25.5 Å². The van der Waals surface area contributed by atoms with E-state index in [4.69, 9.17) is 9.47 Å². The molecule has 3 rings (SSSR count). The Morgan fingerprint density at radius 3 is 2.57 bits per heavy atom. The molecule has 1 fully saturated rings. The van der Waals surface area contributed by atoms with Crippen molar-refractivity contribution in [2.45, 2.75) is 11.6 Å². The summed E-state index contributed by atoms with van der Waals surface area (Å²) in [4.78, 5) is 14.3. The van der Waals surface area contributed by atoms with E-state index in [1.54, 1.807) is 12.1 Å². The van der Waals surface area contributed by atoms with Crippen LogP contribution in [0.15, 0.2) is 42.5 Å². The number of carbonyl (C=O) groups excluding carboxylic acids is 1. The monoisotopic (exact) mass is 412 g/mol. The van der Waals surface area contributed by atoms with E-state index in [-0.39, 0.29) is 5.69 Å². The number of rotatable bonds is 4. The zero-order valence-electron chi connectivity index (χ0n) is 15.2. The summed E-state index contributed by atoms with van der Waals surface area (Å²) in [6.07, 6.45) is -4.56. The van der Waals surface area contributed by atoms with Gasteiger partial charge in [-0.15, -0.1) is 11.8 Å². The molecular formula is C19H19F3N2O3S. The highest BCUT2D eigenvalue weighted by Crippen LogP contribution is 2.45. The van der Waals surface area contributed by atoms with Gasteiger partial charge in [0.25, 0.3) is 0 Å². The molecule has 0 bridgehead atoms. The number of halogens is 3. The number of methoxy groups -OCH3 is 2. The lowest BCUT2D eigenvalue weighted by Gasteiger charge is -2.26. The second-order valence-corrected chi connectivity index (χ2v) is 7.16. The molecule has 0 radical (unpaired) electrons. The van der Waals surface area contributed by atoms with Crippen LogP contribution in [0.25, 0.3) is 0 Å². The summed E-state index contributed by atoms with van der Waals surface area (Å²) in [6.45, 7) is 0.399. The first kappa shape index (κ1) is 20.2. The van der Waals surface area contributed by atoms with Gasteiger partial charge in [-0.05, 0) is 18.2 Å². The minimum Gasteiger partial charge on any atom is -0.493 e. The fourth-order valence-corrected chi connectivity index (χ4v) is 4.34. The Morgan fingerprint density at radius 2 is 1.89 bits per heavy atom. The van der Waals surface area contributed by atoms with Crippen LogP contribution in [-0.4, -0.2) is 37.4 Å². The molecule has 1 saturated heterocycles. The lowest BCUT2D eigenvalue weighted by atomic mass is 10.1. The molecule has 2 amide bonds. The molecule has 1 heterocycles. The largest absolute Gasteiger partial charge is 0.493 e. The predicted octanol–water partition coefficient (Wildman–Crippen LogP) is 5.00. The van der Waals surface area contributed by atoms with Crippen molar-refractivity contribution in [2.75, 3.05) is 31.8 Å². The summed E-state index contributed by atoms with van der Waals surface area (Å²) in [7, 11) is 3.02. The maximum Gasteiger partial charge on any atom is 0.418 e. The van der Waals surface area contributed by atoms with E-state index in [1.165, 1.54) is 49.1 Å². The van der Waals surface area contributed by atoms with Crippen molar-refractivity contribution >= 4 is 23.5 Å². The van der Waals surface area contributed by atoms with Gasteiger partial charge in [0.15, 0.2) is 11.5 Å². The number of ether oxygens (including phenoxy) is 2. The maximum absolute atomic E-state index is 13.2. The van der Waals surface area contributed by atoms with Crippen LogP contribution in [-0.2, 0) is 6.18 Å². The summed E-state index contributed by atoms with van der Waals surface area (Å²) in [5, 5.41) is 2.01. The Kier molecular flexibility index (Phi) is 5.93. The van der Waals surface area contributed by atoms with Crippen LogP contribution in [0.1, 0.15) is 16.5 Å². The van der Waals surface area contributed by atoms with Crippen LogP contribution in [0, 0.1) is 0 Å². The van der Waals surface area contributed by atoms with Crippen LogP contribution in [0.5, 0.6) is 11.5 Å². The molecule has 0 aromatic heterocycles. The van der Waals surface area contributed by atoms with E-state index in [2.05, 4.69) is 5.32 Å². The van der Waals surface area contributed by atoms with E-state index in [0.717, 1.165) is 11.6 Å². The molecule has 0 aliphatic carbocycles. The van der Waals surface area contributed by atoms with E-state index in [9.17, 15) is 18.0 Å². The fraction of sp³-hybridized carbons (Fsp3) is 0.316. The van der Waals surface area contributed by atoms with Crippen molar-refractivity contribution in [1.29, 1.82) is 0 Å². The van der Waals surface area contributed by atoms with Crippen molar-refractivity contribution in [3.63, 3.8) is 0 Å². The molecule has 1 N–H and O–H groups in total. The van der Waals surface area contributed by atoms with Gasteiger partial charge in [-0.1, -0.05) is 24.3 Å². The molecule has 2 aromatic rings. The van der Waals surface area contributed by atoms with E-state index >= 15 is 0 Å². The zero-order valence-corrected chi connectivity index (χ0v) is 16.1. The lowest BCUT2D eigenvalue weighted by Crippen LogP contribution is -2.35. The second kappa shape index (κ2) is 8.22. The molecule has 1 aliphatic heterocycles. The number of amides is 2. The molecule has 28 heavy (non-hydrogen) atoms. The summed E-state index contributed by atoms with van der Waals surface area (Å²) in [5.41, 5.74) is -0.428. The number of hydrogen-bond donors (Lipinski definition) is 1. The lowest BCUT2D eigenvalue weighted by molar-refractivity contribution is -0.136. The number of nitrogens with zero attached hydrogens (tertiary/aromatic N) is 1. The Hall–Kier alpha value is -2.55. The van der Waals surface area contributed by atoms with Crippen LogP contribution in [0.4, 0.5) is 23.7 Å². The van der Waals surface area contributed by atoms with E-state index < -0.39 is 23.1 Å². The second-order valence-electron chi connectivity index (χ2n) is 5.97. The summed E-state index contributed by atoms with van der Waals surface area (Å²) >= 11 is 1.51. The first-order valence-corrected chi connectivity index (χ1v) is 9.48. The highest BCUT2D eigenvalue weighted by Gasteiger charge is 2.36. The third kappa shape index (κ3) is 3.99. The molecule has 1 unspecified atom stereocenters. The van der Waals surface area contributed by atoms with Crippen molar-refractivity contribution in [1.82, 2.24) is 4.90 Å². The van der Waals surface area contributed by atoms with E-state index in [0.29, 0.717) is 23.8 Å². The SMILES string of the molecule is COc1cccc(C2SCCN2C(=O)Nc2ccccc2C(F)(F)F)c1OC. The Labute approximate surface area is 164 Å². The highest BCUT2D eigenvalue weighted by molar-refractivity contribution is 7.99. The van der Waals surface area contributed by atoms with Gasteiger partial charge in [-0.2, -0.15) is 13.2 Å². The van der Waals surface area contributed by atoms with Crippen molar-refractivity contribution in [3.05, 3.63) is 53.6 Å². The zero-order chi connectivity index (χ0) is 20.3. The van der Waals surface area contributed by atoms with Crippen molar-refractivity contribution in [3.8, 4) is 11.5 Å². The maximum atomic E-state index is 13.2. The van der Waals surface area contributed by atoms with Gasteiger partial charge in [0, 0.05) is 17.9 Å². The van der Waals surface area contributed by atoms with Gasteiger partial charge in [0.2, 0.25) is 0 Å². The number of urea groups is 1. The van der Waals surface area contributed by atoms with Gasteiger partial charge >= 0.3 is 12.2 Å². The van der Waals surface area contributed by atoms with Gasteiger partial charge in [-0.25, -0.2) is 4.79 Å². The molecule has 1 atom stereocenters. The normalized spacial score (nSPS) is 16.8. The highest BCUT2D eigenvalue weighted by atomic mass is 32.2. The molecule has 0 saturated carbocycles. The van der Waals surface area contributed by atoms with E-state index in [1.807, 2.05) is 6.07 Å². The summed E-state index contributed by atoms with van der Waals surface area (Å²) in [6, 6.07) is 9.66. The number of thioether (sulfide) groups is 1. The van der Waals surface area contributed by atoms with Gasteiger partial charge < -0.3 is 19.7 Å². The average Bonchev–Trinajstić information content (AvgIpc) is 3.16. The molecule has 1 aliphatic rings.